The standard InChI is InChI=1S/C15H20NS.ClH/c1-3-4-10-17-12-16-9-5-6-14-11-13(2)7-8-15(14)16;/h5-9,11H,3-4,10,12H2,1-2H3;1H/q+1;/p-1. The Morgan fingerprint density at radius 3 is 2.83 bits per heavy atom. The molecule has 0 saturated carbocycles. The Bertz CT molecular complexity index is 499. The van der Waals surface area contributed by atoms with Crippen molar-refractivity contribution in [2.45, 2.75) is 32.6 Å². The minimum atomic E-state index is 0. The summed E-state index contributed by atoms with van der Waals surface area (Å²) in [5.41, 5.74) is 2.66. The molecule has 98 valence electrons. The smallest absolute Gasteiger partial charge is 0.213 e. The van der Waals surface area contributed by atoms with Gasteiger partial charge in [0, 0.05) is 17.5 Å². The molecule has 1 aromatic heterocycles. The molecular formula is C15H20ClNS. The Kier molecular flexibility index (Phi) is 6.51. The number of fused-ring (bicyclic) bond motifs is 1. The number of halogens is 1. The second-order valence-corrected chi connectivity index (χ2v) is 5.51. The quantitative estimate of drug-likeness (QED) is 0.583. The lowest BCUT2D eigenvalue weighted by atomic mass is 10.1. The van der Waals surface area contributed by atoms with Crippen molar-refractivity contribution in [1.29, 1.82) is 0 Å². The minimum absolute atomic E-state index is 0. The van der Waals surface area contributed by atoms with Crippen molar-refractivity contribution in [3.8, 4) is 0 Å². The summed E-state index contributed by atoms with van der Waals surface area (Å²) in [5, 5.41) is 1.34. The van der Waals surface area contributed by atoms with Gasteiger partial charge in [0.1, 0.15) is 0 Å². The van der Waals surface area contributed by atoms with Crippen molar-refractivity contribution >= 4 is 22.7 Å². The first kappa shape index (κ1) is 15.3. The first-order chi connectivity index (χ1) is 8.31. The summed E-state index contributed by atoms with van der Waals surface area (Å²) in [5.74, 6) is 2.31. The van der Waals surface area contributed by atoms with E-state index >= 15 is 0 Å². The van der Waals surface area contributed by atoms with E-state index in [0.717, 1.165) is 5.88 Å². The Labute approximate surface area is 120 Å². The van der Waals surface area contributed by atoms with Crippen LogP contribution in [0.25, 0.3) is 10.9 Å². The number of hydrogen-bond acceptors (Lipinski definition) is 1. The third-order valence-corrected chi connectivity index (χ3v) is 3.94. The molecule has 0 radical (unpaired) electrons. The monoisotopic (exact) mass is 281 g/mol. The van der Waals surface area contributed by atoms with Gasteiger partial charge in [0.05, 0.1) is 0 Å². The zero-order chi connectivity index (χ0) is 12.1. The molecule has 2 aromatic rings. The van der Waals surface area contributed by atoms with Gasteiger partial charge in [0.15, 0.2) is 12.1 Å². The van der Waals surface area contributed by atoms with Crippen LogP contribution in [0.1, 0.15) is 25.3 Å². The highest BCUT2D eigenvalue weighted by Gasteiger charge is 2.07. The van der Waals surface area contributed by atoms with Crippen LogP contribution in [-0.4, -0.2) is 5.75 Å². The maximum Gasteiger partial charge on any atom is 0.213 e. The van der Waals surface area contributed by atoms with Gasteiger partial charge < -0.3 is 12.4 Å². The summed E-state index contributed by atoms with van der Waals surface area (Å²) in [6, 6.07) is 11.0. The molecule has 1 aromatic carbocycles. The van der Waals surface area contributed by atoms with Crippen LogP contribution in [0.3, 0.4) is 0 Å². The number of aryl methyl sites for hydroxylation is 1. The van der Waals surface area contributed by atoms with Crippen LogP contribution in [-0.2, 0) is 5.88 Å². The van der Waals surface area contributed by atoms with E-state index in [1.165, 1.54) is 35.1 Å². The van der Waals surface area contributed by atoms with Crippen molar-refractivity contribution in [1.82, 2.24) is 0 Å². The molecule has 0 N–H and O–H groups in total. The molecule has 0 bridgehead atoms. The molecule has 18 heavy (non-hydrogen) atoms. The van der Waals surface area contributed by atoms with Crippen molar-refractivity contribution < 1.29 is 17.0 Å². The van der Waals surface area contributed by atoms with Crippen molar-refractivity contribution in [3.05, 3.63) is 42.1 Å². The summed E-state index contributed by atoms with van der Waals surface area (Å²) < 4.78 is 2.34. The third kappa shape index (κ3) is 3.89. The normalized spacial score (nSPS) is 10.3. The van der Waals surface area contributed by atoms with Crippen LogP contribution in [0.4, 0.5) is 0 Å². The fraction of sp³-hybridized carbons (Fsp3) is 0.400. The molecule has 0 aliphatic carbocycles. The predicted molar refractivity (Wildman–Crippen MR) is 76.2 cm³/mol. The summed E-state index contributed by atoms with van der Waals surface area (Å²) in [7, 11) is 0. The van der Waals surface area contributed by atoms with E-state index in [1.807, 2.05) is 11.8 Å². The van der Waals surface area contributed by atoms with Crippen LogP contribution in [0, 0.1) is 6.92 Å². The number of thioether (sulfide) groups is 1. The summed E-state index contributed by atoms with van der Waals surface area (Å²) >= 11 is 2.01. The van der Waals surface area contributed by atoms with E-state index in [1.54, 1.807) is 0 Å². The maximum absolute atomic E-state index is 2.34. The van der Waals surface area contributed by atoms with Crippen LogP contribution < -0.4 is 17.0 Å². The number of hydrogen-bond donors (Lipinski definition) is 0. The van der Waals surface area contributed by atoms with E-state index in [0.29, 0.717) is 0 Å². The van der Waals surface area contributed by atoms with E-state index < -0.39 is 0 Å². The van der Waals surface area contributed by atoms with Gasteiger partial charge in [-0.15, -0.1) is 0 Å². The number of benzene rings is 1. The largest absolute Gasteiger partial charge is 1.00 e. The average molecular weight is 282 g/mol. The average Bonchev–Trinajstić information content (AvgIpc) is 2.34. The summed E-state index contributed by atoms with van der Waals surface area (Å²) in [6.07, 6.45) is 4.78. The molecule has 0 amide bonds. The van der Waals surface area contributed by atoms with E-state index in [4.69, 9.17) is 0 Å². The Morgan fingerprint density at radius 2 is 2.06 bits per heavy atom. The Hall–Kier alpha value is -0.730. The third-order valence-electron chi connectivity index (χ3n) is 2.91. The first-order valence-electron chi connectivity index (χ1n) is 6.28. The lowest BCUT2D eigenvalue weighted by molar-refractivity contribution is -0.649. The molecule has 0 saturated heterocycles. The zero-order valence-corrected chi connectivity index (χ0v) is 12.6. The summed E-state index contributed by atoms with van der Waals surface area (Å²) in [4.78, 5) is 0. The van der Waals surface area contributed by atoms with Crippen LogP contribution >= 0.6 is 11.8 Å². The molecule has 1 nitrogen and oxygen atoms in total. The van der Waals surface area contributed by atoms with Gasteiger partial charge in [0.25, 0.3) is 0 Å². The van der Waals surface area contributed by atoms with Crippen LogP contribution in [0.2, 0.25) is 0 Å². The van der Waals surface area contributed by atoms with E-state index in [2.05, 4.69) is 54.9 Å². The highest BCUT2D eigenvalue weighted by molar-refractivity contribution is 7.98. The number of nitrogens with zero attached hydrogens (tertiary/aromatic N) is 1. The summed E-state index contributed by atoms with van der Waals surface area (Å²) in [6.45, 7) is 4.39. The maximum atomic E-state index is 2.34. The highest BCUT2D eigenvalue weighted by Crippen LogP contribution is 2.13. The number of aromatic nitrogens is 1. The molecule has 0 fully saturated rings. The zero-order valence-electron chi connectivity index (χ0n) is 11.0. The van der Waals surface area contributed by atoms with Crippen LogP contribution in [0.5, 0.6) is 0 Å². The fourth-order valence-electron chi connectivity index (χ4n) is 1.92. The molecule has 1 heterocycles. The lowest BCUT2D eigenvalue weighted by Crippen LogP contribution is -3.00. The molecule has 3 heteroatoms. The molecule has 0 unspecified atom stereocenters. The molecule has 0 aliphatic heterocycles. The number of pyridine rings is 1. The van der Waals surface area contributed by atoms with Gasteiger partial charge in [0.2, 0.25) is 5.52 Å². The molecular weight excluding hydrogens is 262 g/mol. The topological polar surface area (TPSA) is 3.88 Å². The van der Waals surface area contributed by atoms with Crippen molar-refractivity contribution in [2.75, 3.05) is 5.75 Å². The Balaban J connectivity index is 0.00000162. The number of rotatable bonds is 5. The lowest BCUT2D eigenvalue weighted by Gasteiger charge is -2.02. The van der Waals surface area contributed by atoms with E-state index in [-0.39, 0.29) is 12.4 Å². The predicted octanol–water partition coefficient (Wildman–Crippen LogP) is 0.931. The van der Waals surface area contributed by atoms with Gasteiger partial charge in [-0.25, -0.2) is 0 Å². The Morgan fingerprint density at radius 1 is 1.22 bits per heavy atom. The molecule has 0 atom stereocenters. The minimum Gasteiger partial charge on any atom is -1.00 e. The van der Waals surface area contributed by atoms with Gasteiger partial charge in [-0.3, -0.25) is 0 Å². The first-order valence-corrected chi connectivity index (χ1v) is 7.43. The van der Waals surface area contributed by atoms with Gasteiger partial charge in [-0.2, -0.15) is 4.57 Å². The van der Waals surface area contributed by atoms with Gasteiger partial charge in [-0.05, 0) is 31.2 Å². The van der Waals surface area contributed by atoms with Crippen molar-refractivity contribution in [2.24, 2.45) is 0 Å². The van der Waals surface area contributed by atoms with Gasteiger partial charge in [-0.1, -0.05) is 36.7 Å². The van der Waals surface area contributed by atoms with E-state index in [9.17, 15) is 0 Å². The SMILES string of the molecule is CCCCSC[n+]1cccc2cc(C)ccc21.[Cl-]. The highest BCUT2D eigenvalue weighted by atomic mass is 35.5. The molecule has 0 aliphatic rings. The molecule has 2 rings (SSSR count). The van der Waals surface area contributed by atoms with Crippen LogP contribution in [0.15, 0.2) is 36.5 Å². The fourth-order valence-corrected chi connectivity index (χ4v) is 2.97. The van der Waals surface area contributed by atoms with Crippen molar-refractivity contribution in [3.63, 3.8) is 0 Å². The number of unbranched alkanes of at least 4 members (excludes halogenated alkanes) is 1. The second-order valence-electron chi connectivity index (χ2n) is 4.43. The molecule has 0 spiro atoms. The van der Waals surface area contributed by atoms with Gasteiger partial charge >= 0.3 is 0 Å². The second kappa shape index (κ2) is 7.65.